The minimum Gasteiger partial charge on any atom is -0.328 e. The van der Waals surface area contributed by atoms with Gasteiger partial charge in [0.15, 0.2) is 5.82 Å². The van der Waals surface area contributed by atoms with Gasteiger partial charge in [-0.15, -0.1) is 0 Å². The highest BCUT2D eigenvalue weighted by molar-refractivity contribution is 9.10. The van der Waals surface area contributed by atoms with Crippen LogP contribution in [0, 0.1) is 5.82 Å². The number of aromatic nitrogens is 3. The van der Waals surface area contributed by atoms with E-state index in [9.17, 15) is 4.39 Å². The first kappa shape index (κ1) is 13.9. The molecule has 5 nitrogen and oxygen atoms in total. The molecule has 7 heteroatoms. The molecule has 0 atom stereocenters. The van der Waals surface area contributed by atoms with Crippen molar-refractivity contribution in [2.45, 2.75) is 6.92 Å². The van der Waals surface area contributed by atoms with Crippen molar-refractivity contribution in [1.82, 2.24) is 15.0 Å². The van der Waals surface area contributed by atoms with Crippen molar-refractivity contribution in [3.63, 3.8) is 0 Å². The zero-order chi connectivity index (χ0) is 14.8. The molecule has 0 N–H and O–H groups in total. The first-order chi connectivity index (χ1) is 10.1. The summed E-state index contributed by atoms with van der Waals surface area (Å²) in [4.78, 5) is 16.7. The second-order valence-electron chi connectivity index (χ2n) is 4.65. The molecule has 21 heavy (non-hydrogen) atoms. The summed E-state index contributed by atoms with van der Waals surface area (Å²) in [6.45, 7) is 3.49. The molecular formula is C14H13BrFN5. The fourth-order valence-electron chi connectivity index (χ4n) is 2.20. The lowest BCUT2D eigenvalue weighted by atomic mass is 10.3. The van der Waals surface area contributed by atoms with Crippen LogP contribution in [0.3, 0.4) is 0 Å². The van der Waals surface area contributed by atoms with Crippen LogP contribution in [-0.4, -0.2) is 28.0 Å². The minimum absolute atomic E-state index is 0.329. The van der Waals surface area contributed by atoms with Crippen LogP contribution in [0.25, 0.3) is 0 Å². The third-order valence-electron chi connectivity index (χ3n) is 3.22. The Morgan fingerprint density at radius 1 is 1.05 bits per heavy atom. The van der Waals surface area contributed by atoms with Gasteiger partial charge < -0.3 is 9.80 Å². The molecule has 0 saturated carbocycles. The van der Waals surface area contributed by atoms with Gasteiger partial charge in [-0.25, -0.2) is 19.3 Å². The zero-order valence-electron chi connectivity index (χ0n) is 11.4. The molecule has 2 aromatic rings. The van der Waals surface area contributed by atoms with Crippen molar-refractivity contribution in [1.29, 1.82) is 0 Å². The van der Waals surface area contributed by atoms with Crippen molar-refractivity contribution in [3.8, 4) is 0 Å². The van der Waals surface area contributed by atoms with Gasteiger partial charge in [-0.2, -0.15) is 0 Å². The van der Waals surface area contributed by atoms with Crippen LogP contribution in [0.1, 0.15) is 6.92 Å². The lowest BCUT2D eigenvalue weighted by Gasteiger charge is -2.33. The van der Waals surface area contributed by atoms with Gasteiger partial charge >= 0.3 is 0 Å². The predicted octanol–water partition coefficient (Wildman–Crippen LogP) is 2.96. The van der Waals surface area contributed by atoms with Crippen LogP contribution >= 0.6 is 15.9 Å². The monoisotopic (exact) mass is 349 g/mol. The molecule has 2 aromatic heterocycles. The Morgan fingerprint density at radius 3 is 2.48 bits per heavy atom. The van der Waals surface area contributed by atoms with Crippen LogP contribution in [0.2, 0.25) is 0 Å². The van der Waals surface area contributed by atoms with Crippen LogP contribution < -0.4 is 9.80 Å². The number of nitrogens with zero attached hydrogens (tertiary/aromatic N) is 5. The summed E-state index contributed by atoms with van der Waals surface area (Å²) >= 11 is 3.27. The largest absolute Gasteiger partial charge is 0.328 e. The van der Waals surface area contributed by atoms with E-state index in [1.165, 1.54) is 12.3 Å². The average molecular weight is 350 g/mol. The van der Waals surface area contributed by atoms with E-state index in [2.05, 4.69) is 30.9 Å². The van der Waals surface area contributed by atoms with Crippen molar-refractivity contribution in [3.05, 3.63) is 53.0 Å². The molecule has 0 aromatic carbocycles. The Bertz CT molecular complexity index is 656. The molecule has 3 heterocycles. The average Bonchev–Trinajstić information content (AvgIpc) is 2.49. The first-order valence-electron chi connectivity index (χ1n) is 6.45. The van der Waals surface area contributed by atoms with Crippen molar-refractivity contribution >= 4 is 27.6 Å². The maximum absolute atomic E-state index is 12.9. The second-order valence-corrected chi connectivity index (χ2v) is 5.46. The van der Waals surface area contributed by atoms with E-state index in [0.717, 1.165) is 30.4 Å². The van der Waals surface area contributed by atoms with Crippen LogP contribution in [0.15, 0.2) is 47.2 Å². The van der Waals surface area contributed by atoms with Crippen LogP contribution in [-0.2, 0) is 0 Å². The predicted molar refractivity (Wildman–Crippen MR) is 82.4 cm³/mol. The van der Waals surface area contributed by atoms with Crippen molar-refractivity contribution in [2.75, 3.05) is 22.9 Å². The Kier molecular flexibility index (Phi) is 3.83. The number of pyridine rings is 1. The van der Waals surface area contributed by atoms with E-state index in [1.807, 2.05) is 22.9 Å². The smallest absolute Gasteiger partial charge is 0.151 e. The molecule has 0 spiro atoms. The van der Waals surface area contributed by atoms with Gasteiger partial charge in [-0.3, -0.25) is 0 Å². The number of allylic oxidation sites excluding steroid dienone is 1. The Labute approximate surface area is 130 Å². The maximum Gasteiger partial charge on any atom is 0.151 e. The van der Waals surface area contributed by atoms with Gasteiger partial charge in [0, 0.05) is 25.0 Å². The van der Waals surface area contributed by atoms with Crippen molar-refractivity contribution in [2.24, 2.45) is 0 Å². The quantitative estimate of drug-likeness (QED) is 0.833. The molecule has 0 radical (unpaired) electrons. The highest BCUT2D eigenvalue weighted by Gasteiger charge is 2.19. The summed E-state index contributed by atoms with van der Waals surface area (Å²) in [5.41, 5.74) is 1.02. The fourth-order valence-corrected chi connectivity index (χ4v) is 2.41. The van der Waals surface area contributed by atoms with E-state index in [4.69, 9.17) is 0 Å². The Morgan fingerprint density at radius 2 is 1.86 bits per heavy atom. The highest BCUT2D eigenvalue weighted by atomic mass is 79.9. The summed E-state index contributed by atoms with van der Waals surface area (Å²) < 4.78 is 13.7. The summed E-state index contributed by atoms with van der Waals surface area (Å²) in [7, 11) is 0. The van der Waals surface area contributed by atoms with E-state index in [0.29, 0.717) is 4.60 Å². The molecule has 1 aliphatic heterocycles. The maximum atomic E-state index is 12.9. The normalized spacial score (nSPS) is 15.1. The molecule has 108 valence electrons. The van der Waals surface area contributed by atoms with E-state index < -0.39 is 0 Å². The second kappa shape index (κ2) is 5.77. The number of hydrogen-bond acceptors (Lipinski definition) is 5. The lowest BCUT2D eigenvalue weighted by molar-refractivity contribution is 0.620. The van der Waals surface area contributed by atoms with Gasteiger partial charge in [0.05, 0.1) is 18.6 Å². The summed E-state index contributed by atoms with van der Waals surface area (Å²) in [5.74, 6) is 1.21. The third kappa shape index (κ3) is 3.02. The van der Waals surface area contributed by atoms with E-state index >= 15 is 0 Å². The molecule has 0 unspecified atom stereocenters. The lowest BCUT2D eigenvalue weighted by Crippen LogP contribution is -2.38. The Balaban J connectivity index is 1.82. The standard InChI is InChI=1S/C14H13BrFN5/c1-10-9-20(14-8-17-12(15)7-19-14)4-5-21(10)13-3-2-11(16)6-18-13/h2-3,6-9H,4-5H2,1H3. The van der Waals surface area contributed by atoms with Gasteiger partial charge in [-0.05, 0) is 35.0 Å². The summed E-state index contributed by atoms with van der Waals surface area (Å²) in [6.07, 6.45) is 6.62. The third-order valence-corrected chi connectivity index (χ3v) is 3.63. The van der Waals surface area contributed by atoms with E-state index in [1.54, 1.807) is 18.5 Å². The van der Waals surface area contributed by atoms with E-state index in [-0.39, 0.29) is 5.82 Å². The van der Waals surface area contributed by atoms with Gasteiger partial charge in [0.25, 0.3) is 0 Å². The molecule has 1 aliphatic rings. The first-order valence-corrected chi connectivity index (χ1v) is 7.24. The molecule has 0 saturated heterocycles. The molecule has 0 bridgehead atoms. The molecule has 0 fully saturated rings. The minimum atomic E-state index is -0.329. The number of halogens is 2. The van der Waals surface area contributed by atoms with Crippen LogP contribution in [0.4, 0.5) is 16.0 Å². The SMILES string of the molecule is CC1=CN(c2cnc(Br)cn2)CCN1c1ccc(F)cn1. The number of rotatable bonds is 2. The van der Waals surface area contributed by atoms with Crippen molar-refractivity contribution < 1.29 is 4.39 Å². The molecular weight excluding hydrogens is 337 g/mol. The molecule has 3 rings (SSSR count). The Hall–Kier alpha value is -2.02. The van der Waals surface area contributed by atoms with Gasteiger partial charge in [0.2, 0.25) is 0 Å². The summed E-state index contributed by atoms with van der Waals surface area (Å²) in [6, 6.07) is 3.10. The summed E-state index contributed by atoms with van der Waals surface area (Å²) in [5, 5.41) is 0. The number of anilines is 2. The van der Waals surface area contributed by atoms with Gasteiger partial charge in [-0.1, -0.05) is 0 Å². The van der Waals surface area contributed by atoms with Crippen LogP contribution in [0.5, 0.6) is 0 Å². The topological polar surface area (TPSA) is 45.2 Å². The number of hydrogen-bond donors (Lipinski definition) is 0. The van der Waals surface area contributed by atoms with Gasteiger partial charge in [0.1, 0.15) is 16.2 Å². The highest BCUT2D eigenvalue weighted by Crippen LogP contribution is 2.23. The molecule has 0 aliphatic carbocycles. The fraction of sp³-hybridized carbons (Fsp3) is 0.214. The zero-order valence-corrected chi connectivity index (χ0v) is 13.0. The molecule has 0 amide bonds.